The van der Waals surface area contributed by atoms with Crippen LogP contribution in [0.3, 0.4) is 0 Å². The SMILES string of the molecule is COCOc1cc2c(cc1C(=O)CCC(=O)O)[C@H]1CC[C@@H]3CCCC[C@H]3[C@@H]1CC2. The second-order valence-corrected chi connectivity index (χ2v) is 9.01. The third-order valence-electron chi connectivity index (χ3n) is 7.47. The Hall–Kier alpha value is -1.88. The minimum absolute atomic E-state index is 0.00371. The summed E-state index contributed by atoms with van der Waals surface area (Å²) in [4.78, 5) is 23.8. The molecule has 0 spiro atoms. The van der Waals surface area contributed by atoms with Crippen molar-refractivity contribution >= 4 is 11.8 Å². The second-order valence-electron chi connectivity index (χ2n) is 9.01. The largest absolute Gasteiger partial charge is 0.481 e. The van der Waals surface area contributed by atoms with Crippen molar-refractivity contribution in [3.8, 4) is 5.75 Å². The van der Waals surface area contributed by atoms with Crippen molar-refractivity contribution in [1.82, 2.24) is 0 Å². The van der Waals surface area contributed by atoms with Crippen LogP contribution in [0, 0.1) is 17.8 Å². The van der Waals surface area contributed by atoms with Crippen molar-refractivity contribution in [2.75, 3.05) is 13.9 Å². The molecule has 29 heavy (non-hydrogen) atoms. The van der Waals surface area contributed by atoms with Crippen LogP contribution in [0.1, 0.15) is 85.2 Å². The number of aryl methyl sites for hydroxylation is 1. The van der Waals surface area contributed by atoms with Crippen LogP contribution in [0.15, 0.2) is 12.1 Å². The van der Waals surface area contributed by atoms with E-state index in [1.54, 1.807) is 7.11 Å². The van der Waals surface area contributed by atoms with Crippen LogP contribution in [0.25, 0.3) is 0 Å². The number of ketones is 1. The first kappa shape index (κ1) is 20.4. The van der Waals surface area contributed by atoms with Gasteiger partial charge in [-0.2, -0.15) is 0 Å². The number of rotatable bonds is 7. The molecule has 0 heterocycles. The van der Waals surface area contributed by atoms with Crippen molar-refractivity contribution in [3.63, 3.8) is 0 Å². The summed E-state index contributed by atoms with van der Waals surface area (Å²) in [5, 5.41) is 8.97. The fraction of sp³-hybridized carbons (Fsp3) is 0.667. The van der Waals surface area contributed by atoms with E-state index in [0.29, 0.717) is 17.2 Å². The van der Waals surface area contributed by atoms with Crippen LogP contribution >= 0.6 is 0 Å². The maximum Gasteiger partial charge on any atom is 0.303 e. The highest BCUT2D eigenvalue weighted by molar-refractivity contribution is 6.00. The van der Waals surface area contributed by atoms with Crippen LogP contribution in [-0.4, -0.2) is 30.8 Å². The zero-order valence-electron chi connectivity index (χ0n) is 17.3. The van der Waals surface area contributed by atoms with Crippen LogP contribution in [0.5, 0.6) is 5.75 Å². The Balaban J connectivity index is 1.64. The molecule has 5 heteroatoms. The van der Waals surface area contributed by atoms with Crippen molar-refractivity contribution in [2.24, 2.45) is 17.8 Å². The predicted molar refractivity (Wildman–Crippen MR) is 109 cm³/mol. The second kappa shape index (κ2) is 8.86. The van der Waals surface area contributed by atoms with Gasteiger partial charge in [-0.1, -0.05) is 19.3 Å². The molecule has 0 unspecified atom stereocenters. The van der Waals surface area contributed by atoms with Crippen LogP contribution in [0.4, 0.5) is 0 Å². The van der Waals surface area contributed by atoms with Crippen LogP contribution in [-0.2, 0) is 16.0 Å². The average molecular weight is 401 g/mol. The van der Waals surface area contributed by atoms with E-state index in [9.17, 15) is 9.59 Å². The highest BCUT2D eigenvalue weighted by atomic mass is 16.7. The molecule has 158 valence electrons. The van der Waals surface area contributed by atoms with Gasteiger partial charge in [0.2, 0.25) is 0 Å². The summed E-state index contributed by atoms with van der Waals surface area (Å²) in [6.07, 6.45) is 10.1. The molecule has 2 saturated carbocycles. The van der Waals surface area contributed by atoms with Gasteiger partial charge in [0, 0.05) is 13.5 Å². The zero-order valence-corrected chi connectivity index (χ0v) is 17.3. The first-order valence-corrected chi connectivity index (χ1v) is 11.1. The zero-order chi connectivity index (χ0) is 20.4. The summed E-state index contributed by atoms with van der Waals surface area (Å²) in [6.45, 7) is 0.0772. The van der Waals surface area contributed by atoms with Gasteiger partial charge in [-0.05, 0) is 79.0 Å². The first-order valence-electron chi connectivity index (χ1n) is 11.1. The molecule has 0 amide bonds. The van der Waals surface area contributed by atoms with Gasteiger partial charge in [-0.15, -0.1) is 0 Å². The van der Waals surface area contributed by atoms with E-state index in [1.165, 1.54) is 56.1 Å². The van der Waals surface area contributed by atoms with Crippen LogP contribution in [0.2, 0.25) is 0 Å². The van der Waals surface area contributed by atoms with Gasteiger partial charge < -0.3 is 14.6 Å². The molecule has 4 atom stereocenters. The quantitative estimate of drug-likeness (QED) is 0.517. The number of carbonyl (C=O) groups is 2. The smallest absolute Gasteiger partial charge is 0.303 e. The number of hydrogen-bond donors (Lipinski definition) is 1. The Morgan fingerprint density at radius 3 is 2.66 bits per heavy atom. The van der Waals surface area contributed by atoms with Crippen molar-refractivity contribution < 1.29 is 24.2 Å². The molecule has 3 aliphatic carbocycles. The van der Waals surface area contributed by atoms with E-state index in [0.717, 1.165) is 24.2 Å². The van der Waals surface area contributed by atoms with Crippen molar-refractivity contribution in [3.05, 3.63) is 28.8 Å². The lowest BCUT2D eigenvalue weighted by Gasteiger charge is -2.48. The highest BCUT2D eigenvalue weighted by Crippen LogP contribution is 2.54. The van der Waals surface area contributed by atoms with Gasteiger partial charge in [0.25, 0.3) is 0 Å². The summed E-state index contributed by atoms with van der Waals surface area (Å²) in [7, 11) is 1.55. The van der Waals surface area contributed by atoms with Gasteiger partial charge in [-0.3, -0.25) is 9.59 Å². The lowest BCUT2D eigenvalue weighted by atomic mass is 9.56. The Morgan fingerprint density at radius 2 is 1.86 bits per heavy atom. The van der Waals surface area contributed by atoms with Gasteiger partial charge >= 0.3 is 5.97 Å². The summed E-state index contributed by atoms with van der Waals surface area (Å²) in [5.41, 5.74) is 3.13. The van der Waals surface area contributed by atoms with Gasteiger partial charge in [-0.25, -0.2) is 0 Å². The van der Waals surface area contributed by atoms with Crippen molar-refractivity contribution in [2.45, 2.75) is 70.1 Å². The molecule has 0 radical (unpaired) electrons. The normalized spacial score (nSPS) is 28.0. The number of carbonyl (C=O) groups excluding carboxylic acids is 1. The standard InChI is InChI=1S/C24H32O5/c1-28-14-29-23-12-16-7-9-18-17-5-3-2-4-15(17)6-8-19(18)20(16)13-21(23)22(25)10-11-24(26)27/h12-13,15,17-19H,2-11,14H2,1H3,(H,26,27)/t15-,17+,18-,19-/m0/s1. The number of Topliss-reactive ketones (excluding diaryl/α,β-unsaturated/α-hetero) is 1. The molecule has 1 aromatic rings. The molecular weight excluding hydrogens is 368 g/mol. The number of fused-ring (bicyclic) bond motifs is 5. The number of benzene rings is 1. The summed E-state index contributed by atoms with van der Waals surface area (Å²) >= 11 is 0. The minimum atomic E-state index is -0.952. The Morgan fingerprint density at radius 1 is 1.03 bits per heavy atom. The molecule has 2 fully saturated rings. The maximum atomic E-state index is 12.8. The van der Waals surface area contributed by atoms with Crippen LogP contribution < -0.4 is 4.74 Å². The molecule has 0 aliphatic heterocycles. The molecule has 5 nitrogen and oxygen atoms in total. The van der Waals surface area contributed by atoms with E-state index in [1.807, 2.05) is 12.1 Å². The van der Waals surface area contributed by atoms with E-state index in [4.69, 9.17) is 14.6 Å². The number of methoxy groups -OCH3 is 1. The lowest BCUT2D eigenvalue weighted by molar-refractivity contribution is -0.136. The van der Waals surface area contributed by atoms with Gasteiger partial charge in [0.15, 0.2) is 12.6 Å². The topological polar surface area (TPSA) is 72.8 Å². The third-order valence-corrected chi connectivity index (χ3v) is 7.47. The third kappa shape index (κ3) is 4.20. The summed E-state index contributed by atoms with van der Waals surface area (Å²) < 4.78 is 10.8. The molecular formula is C24H32O5. The average Bonchev–Trinajstić information content (AvgIpc) is 2.74. The maximum absolute atomic E-state index is 12.8. The monoisotopic (exact) mass is 400 g/mol. The van der Waals surface area contributed by atoms with E-state index >= 15 is 0 Å². The number of carboxylic acids is 1. The number of carboxylic acid groups (broad SMARTS) is 1. The Bertz CT molecular complexity index is 771. The number of aliphatic carboxylic acids is 1. The van der Waals surface area contributed by atoms with E-state index < -0.39 is 5.97 Å². The predicted octanol–water partition coefficient (Wildman–Crippen LogP) is 4.96. The Labute approximate surface area is 172 Å². The molecule has 1 aromatic carbocycles. The van der Waals surface area contributed by atoms with Gasteiger partial charge in [0.05, 0.1) is 12.0 Å². The molecule has 0 saturated heterocycles. The molecule has 4 rings (SSSR count). The number of hydrogen-bond acceptors (Lipinski definition) is 4. The van der Waals surface area contributed by atoms with Crippen molar-refractivity contribution in [1.29, 1.82) is 0 Å². The van der Waals surface area contributed by atoms with E-state index in [-0.39, 0.29) is 25.4 Å². The molecule has 0 bridgehead atoms. The molecule has 3 aliphatic rings. The fourth-order valence-electron chi connectivity index (χ4n) is 6.20. The first-order chi connectivity index (χ1) is 14.1. The highest BCUT2D eigenvalue weighted by Gasteiger charge is 2.43. The minimum Gasteiger partial charge on any atom is -0.481 e. The summed E-state index contributed by atoms with van der Waals surface area (Å²) in [6, 6.07) is 4.05. The van der Waals surface area contributed by atoms with Gasteiger partial charge in [0.1, 0.15) is 5.75 Å². The lowest BCUT2D eigenvalue weighted by Crippen LogP contribution is -2.38. The molecule has 0 aromatic heterocycles. The number of ether oxygens (including phenoxy) is 2. The fourth-order valence-corrected chi connectivity index (χ4v) is 6.20. The molecule has 1 N–H and O–H groups in total. The Kier molecular flexibility index (Phi) is 6.23. The summed E-state index contributed by atoms with van der Waals surface area (Å²) in [5.74, 6) is 2.42. The van der Waals surface area contributed by atoms with E-state index in [2.05, 4.69) is 0 Å².